The molecule has 132 valence electrons. The second-order valence-electron chi connectivity index (χ2n) is 5.99. The van der Waals surface area contributed by atoms with Crippen molar-refractivity contribution in [3.63, 3.8) is 0 Å². The minimum Gasteiger partial charge on any atom is -0.458 e. The Morgan fingerprint density at radius 3 is 2.26 bits per heavy atom. The molecule has 0 heterocycles. The molecule has 0 N–H and O–H groups in total. The third kappa shape index (κ3) is 10.4. The van der Waals surface area contributed by atoms with Gasteiger partial charge in [0.25, 0.3) is 6.04 Å². The Morgan fingerprint density at radius 1 is 1.22 bits per heavy atom. The zero-order valence-electron chi connectivity index (χ0n) is 14.4. The number of allylic oxidation sites excluding steroid dienone is 1. The molecule has 0 amide bonds. The molecule has 0 radical (unpaired) electrons. The molecule has 23 heavy (non-hydrogen) atoms. The van der Waals surface area contributed by atoms with Crippen molar-refractivity contribution in [2.75, 3.05) is 6.61 Å². The molecule has 7 nitrogen and oxygen atoms in total. The van der Waals surface area contributed by atoms with Crippen molar-refractivity contribution in [1.29, 1.82) is 0 Å². The van der Waals surface area contributed by atoms with E-state index in [-0.39, 0.29) is 5.92 Å². The Balaban J connectivity index is 4.79. The highest BCUT2D eigenvalue weighted by atomic mass is 16.6. The first-order valence-electron chi connectivity index (χ1n) is 7.72. The van der Waals surface area contributed by atoms with Gasteiger partial charge in [0.1, 0.15) is 0 Å². The standard InChI is InChI=1S/C16H27NO6/c1-11(2)7-6-8-12(3)9-16(23-14(5)19)15(17(20)21)10-22-13(4)18/h12,15-16H,1,6-10H2,2-5H3. The number of carbonyl (C=O) groups is 2. The summed E-state index contributed by atoms with van der Waals surface area (Å²) >= 11 is 0. The fourth-order valence-electron chi connectivity index (χ4n) is 2.27. The fourth-order valence-corrected chi connectivity index (χ4v) is 2.27. The zero-order chi connectivity index (χ0) is 18.0. The summed E-state index contributed by atoms with van der Waals surface area (Å²) in [6.45, 7) is 9.73. The summed E-state index contributed by atoms with van der Waals surface area (Å²) in [6, 6.07) is -1.26. The average Bonchev–Trinajstić information content (AvgIpc) is 2.36. The smallest absolute Gasteiger partial charge is 0.303 e. The number of esters is 2. The summed E-state index contributed by atoms with van der Waals surface area (Å²) in [5.41, 5.74) is 1.09. The highest BCUT2D eigenvalue weighted by Gasteiger charge is 2.36. The first kappa shape index (κ1) is 21.1. The Morgan fingerprint density at radius 2 is 1.83 bits per heavy atom. The van der Waals surface area contributed by atoms with Crippen molar-refractivity contribution in [1.82, 2.24) is 0 Å². The van der Waals surface area contributed by atoms with Crippen LogP contribution in [-0.4, -0.2) is 35.6 Å². The monoisotopic (exact) mass is 329 g/mol. The molecule has 0 aromatic rings. The van der Waals surface area contributed by atoms with Crippen LogP contribution in [0.15, 0.2) is 12.2 Å². The Labute approximate surface area is 137 Å². The number of nitrogens with zero attached hydrogens (tertiary/aromatic N) is 1. The van der Waals surface area contributed by atoms with E-state index in [1.54, 1.807) is 0 Å². The molecule has 0 aliphatic heterocycles. The van der Waals surface area contributed by atoms with Gasteiger partial charge in [0.15, 0.2) is 12.7 Å². The number of carbonyl (C=O) groups excluding carboxylic acids is 2. The first-order chi connectivity index (χ1) is 10.6. The van der Waals surface area contributed by atoms with Gasteiger partial charge in [-0.2, -0.15) is 0 Å². The summed E-state index contributed by atoms with van der Waals surface area (Å²) in [4.78, 5) is 32.8. The van der Waals surface area contributed by atoms with E-state index in [9.17, 15) is 19.7 Å². The topological polar surface area (TPSA) is 95.7 Å². The molecule has 0 fully saturated rings. The molecule has 0 aromatic heterocycles. The van der Waals surface area contributed by atoms with Crippen molar-refractivity contribution in [3.05, 3.63) is 22.3 Å². The lowest BCUT2D eigenvalue weighted by Gasteiger charge is -2.23. The van der Waals surface area contributed by atoms with E-state index in [1.165, 1.54) is 13.8 Å². The van der Waals surface area contributed by atoms with E-state index in [4.69, 9.17) is 9.47 Å². The molecule has 0 aromatic carbocycles. The van der Waals surface area contributed by atoms with E-state index < -0.39 is 35.6 Å². The van der Waals surface area contributed by atoms with Crippen molar-refractivity contribution in [2.24, 2.45) is 5.92 Å². The van der Waals surface area contributed by atoms with Crippen LogP contribution in [0.1, 0.15) is 53.4 Å². The lowest BCUT2D eigenvalue weighted by atomic mass is 9.93. The van der Waals surface area contributed by atoms with Crippen LogP contribution in [0.2, 0.25) is 0 Å². The highest BCUT2D eigenvalue weighted by Crippen LogP contribution is 2.21. The lowest BCUT2D eigenvalue weighted by Crippen LogP contribution is -2.41. The van der Waals surface area contributed by atoms with E-state index in [2.05, 4.69) is 6.58 Å². The molecule has 3 atom stereocenters. The molecule has 0 rings (SSSR count). The van der Waals surface area contributed by atoms with Gasteiger partial charge in [-0.25, -0.2) is 0 Å². The predicted molar refractivity (Wildman–Crippen MR) is 85.4 cm³/mol. The summed E-state index contributed by atoms with van der Waals surface area (Å²) in [6.07, 6.45) is 2.11. The van der Waals surface area contributed by atoms with E-state index in [0.717, 1.165) is 24.8 Å². The molecule has 0 saturated carbocycles. The largest absolute Gasteiger partial charge is 0.458 e. The molecular formula is C16H27NO6. The minimum absolute atomic E-state index is 0.137. The van der Waals surface area contributed by atoms with Crippen molar-refractivity contribution in [3.8, 4) is 0 Å². The number of hydrogen-bond acceptors (Lipinski definition) is 6. The summed E-state index contributed by atoms with van der Waals surface area (Å²) in [7, 11) is 0. The van der Waals surface area contributed by atoms with Gasteiger partial charge in [-0.3, -0.25) is 19.7 Å². The summed E-state index contributed by atoms with van der Waals surface area (Å²) in [5, 5.41) is 11.2. The summed E-state index contributed by atoms with van der Waals surface area (Å²) in [5.74, 6) is -1.05. The van der Waals surface area contributed by atoms with Crippen molar-refractivity contribution < 1.29 is 24.0 Å². The maximum Gasteiger partial charge on any atom is 0.303 e. The van der Waals surface area contributed by atoms with Gasteiger partial charge in [-0.05, 0) is 32.1 Å². The van der Waals surface area contributed by atoms with Crippen molar-refractivity contribution >= 4 is 11.9 Å². The van der Waals surface area contributed by atoms with E-state index in [1.807, 2.05) is 13.8 Å². The van der Waals surface area contributed by atoms with Crippen LogP contribution in [0.3, 0.4) is 0 Å². The number of nitro groups is 1. The van der Waals surface area contributed by atoms with E-state index >= 15 is 0 Å². The SMILES string of the molecule is C=C(C)CCCC(C)CC(OC(C)=O)C(COC(C)=O)[N+](=O)[O-]. The third-order valence-electron chi connectivity index (χ3n) is 3.41. The predicted octanol–water partition coefficient (Wildman–Crippen LogP) is 2.90. The molecule has 0 aliphatic carbocycles. The second kappa shape index (κ2) is 10.7. The van der Waals surface area contributed by atoms with Crippen LogP contribution in [0.25, 0.3) is 0 Å². The fraction of sp³-hybridized carbons (Fsp3) is 0.750. The maximum absolute atomic E-state index is 11.2. The molecule has 0 bridgehead atoms. The molecule has 0 aliphatic rings. The van der Waals surface area contributed by atoms with Crippen molar-refractivity contribution in [2.45, 2.75) is 65.5 Å². The van der Waals surface area contributed by atoms with Crippen LogP contribution >= 0.6 is 0 Å². The van der Waals surface area contributed by atoms with Gasteiger partial charge in [0.2, 0.25) is 0 Å². The number of rotatable bonds is 11. The summed E-state index contributed by atoms with van der Waals surface area (Å²) < 4.78 is 9.85. The molecule has 7 heteroatoms. The molecule has 0 saturated heterocycles. The Hall–Kier alpha value is -1.92. The molecular weight excluding hydrogens is 302 g/mol. The van der Waals surface area contributed by atoms with Crippen LogP contribution in [0.4, 0.5) is 0 Å². The average molecular weight is 329 g/mol. The van der Waals surface area contributed by atoms with Gasteiger partial charge >= 0.3 is 11.9 Å². The van der Waals surface area contributed by atoms with Crippen LogP contribution in [-0.2, 0) is 19.1 Å². The zero-order valence-corrected chi connectivity index (χ0v) is 14.4. The van der Waals surface area contributed by atoms with Crippen LogP contribution in [0.5, 0.6) is 0 Å². The van der Waals surface area contributed by atoms with Gasteiger partial charge in [0, 0.05) is 18.8 Å². The van der Waals surface area contributed by atoms with Gasteiger partial charge in [-0.1, -0.05) is 18.9 Å². The van der Waals surface area contributed by atoms with Crippen LogP contribution in [0, 0.1) is 16.0 Å². The van der Waals surface area contributed by atoms with Gasteiger partial charge in [-0.15, -0.1) is 6.58 Å². The maximum atomic E-state index is 11.2. The Bertz CT molecular complexity index is 434. The Kier molecular flexibility index (Phi) is 9.85. The second-order valence-corrected chi connectivity index (χ2v) is 5.99. The van der Waals surface area contributed by atoms with Gasteiger partial charge < -0.3 is 9.47 Å². The highest BCUT2D eigenvalue weighted by molar-refractivity contribution is 5.66. The third-order valence-corrected chi connectivity index (χ3v) is 3.41. The molecule has 0 spiro atoms. The normalized spacial score (nSPS) is 14.4. The number of ether oxygens (including phenoxy) is 2. The molecule has 3 unspecified atom stereocenters. The number of hydrogen-bond donors (Lipinski definition) is 0. The first-order valence-corrected chi connectivity index (χ1v) is 7.72. The van der Waals surface area contributed by atoms with Crippen LogP contribution < -0.4 is 0 Å². The van der Waals surface area contributed by atoms with Gasteiger partial charge in [0.05, 0.1) is 0 Å². The van der Waals surface area contributed by atoms with E-state index in [0.29, 0.717) is 6.42 Å². The lowest BCUT2D eigenvalue weighted by molar-refractivity contribution is -0.537. The minimum atomic E-state index is -1.26. The quantitative estimate of drug-likeness (QED) is 0.250.